The van der Waals surface area contributed by atoms with E-state index in [0.29, 0.717) is 30.0 Å². The normalized spacial score (nSPS) is 20.6. The molecule has 5 nitrogen and oxygen atoms in total. The molecule has 0 saturated carbocycles. The average Bonchev–Trinajstić information content (AvgIpc) is 3.19. The number of rotatable bonds is 5. The van der Waals surface area contributed by atoms with Crippen LogP contribution in [0.15, 0.2) is 34.9 Å². The first-order valence-electron chi connectivity index (χ1n) is 8.10. The third-order valence-corrected chi connectivity index (χ3v) is 4.35. The number of nitrogens with zero attached hydrogens (tertiary/aromatic N) is 1. The zero-order valence-electron chi connectivity index (χ0n) is 13.5. The third-order valence-electron chi connectivity index (χ3n) is 4.35. The van der Waals surface area contributed by atoms with Crippen molar-refractivity contribution in [2.24, 2.45) is 5.92 Å². The van der Waals surface area contributed by atoms with Crippen LogP contribution in [-0.2, 0) is 11.2 Å². The van der Waals surface area contributed by atoms with Crippen molar-refractivity contribution in [3.05, 3.63) is 52.9 Å². The lowest BCUT2D eigenvalue weighted by molar-refractivity contribution is 0.0845. The minimum Gasteiger partial charge on any atom is -0.373 e. The second kappa shape index (κ2) is 6.96. The van der Waals surface area contributed by atoms with E-state index in [4.69, 9.17) is 9.26 Å². The molecule has 1 amide bonds. The first kappa shape index (κ1) is 15.7. The third kappa shape index (κ3) is 3.29. The van der Waals surface area contributed by atoms with Gasteiger partial charge in [0.25, 0.3) is 5.91 Å². The molecule has 0 radical (unpaired) electrons. The van der Waals surface area contributed by atoms with Gasteiger partial charge in [0.1, 0.15) is 11.3 Å². The first-order chi connectivity index (χ1) is 11.2. The summed E-state index contributed by atoms with van der Waals surface area (Å²) >= 11 is 0. The van der Waals surface area contributed by atoms with Crippen molar-refractivity contribution in [1.82, 2.24) is 10.5 Å². The van der Waals surface area contributed by atoms with Crippen LogP contribution in [0.3, 0.4) is 0 Å². The predicted molar refractivity (Wildman–Crippen MR) is 86.2 cm³/mol. The van der Waals surface area contributed by atoms with Gasteiger partial charge in [0.05, 0.1) is 11.8 Å². The highest BCUT2D eigenvalue weighted by Crippen LogP contribution is 2.33. The van der Waals surface area contributed by atoms with Crippen molar-refractivity contribution in [3.63, 3.8) is 0 Å². The second-order valence-corrected chi connectivity index (χ2v) is 5.88. The van der Waals surface area contributed by atoms with E-state index >= 15 is 0 Å². The molecule has 1 fully saturated rings. The number of carbonyl (C=O) groups excluding carboxylic acids is 1. The Morgan fingerprint density at radius 3 is 2.87 bits per heavy atom. The Hall–Kier alpha value is -2.14. The fourth-order valence-electron chi connectivity index (χ4n) is 3.12. The molecular weight excluding hydrogens is 292 g/mol. The van der Waals surface area contributed by atoms with Crippen LogP contribution in [0, 0.1) is 12.8 Å². The molecule has 0 unspecified atom stereocenters. The molecular formula is C18H22N2O3. The van der Waals surface area contributed by atoms with E-state index in [-0.39, 0.29) is 17.9 Å². The summed E-state index contributed by atoms with van der Waals surface area (Å²) in [5, 5.41) is 6.91. The largest absolute Gasteiger partial charge is 0.373 e. The standard InChI is InChI=1S/C18H22N2O3/c1-3-15-16(12(2)20-23-15)18(21)19-11-14-9-10-22-17(14)13-7-5-4-6-8-13/h4-8,14,17H,3,9-11H2,1-2H3,(H,19,21)/t14-,17-/m1/s1. The lowest BCUT2D eigenvalue weighted by atomic mass is 9.95. The van der Waals surface area contributed by atoms with Gasteiger partial charge < -0.3 is 14.6 Å². The molecule has 1 aromatic heterocycles. The predicted octanol–water partition coefficient (Wildman–Crippen LogP) is 3.05. The molecule has 1 aliphatic heterocycles. The number of hydrogen-bond donors (Lipinski definition) is 1. The van der Waals surface area contributed by atoms with Crippen molar-refractivity contribution >= 4 is 5.91 Å². The molecule has 0 spiro atoms. The quantitative estimate of drug-likeness (QED) is 0.921. The highest BCUT2D eigenvalue weighted by Gasteiger charge is 2.30. The summed E-state index contributed by atoms with van der Waals surface area (Å²) in [6, 6.07) is 10.2. The number of aromatic nitrogens is 1. The molecule has 1 aromatic carbocycles. The maximum Gasteiger partial charge on any atom is 0.256 e. The summed E-state index contributed by atoms with van der Waals surface area (Å²) in [5.41, 5.74) is 2.38. The molecule has 5 heteroatoms. The van der Waals surface area contributed by atoms with E-state index in [1.165, 1.54) is 5.56 Å². The van der Waals surface area contributed by atoms with Crippen LogP contribution in [0.4, 0.5) is 0 Å². The van der Waals surface area contributed by atoms with Gasteiger partial charge in [0, 0.05) is 25.5 Å². The molecule has 2 atom stereocenters. The van der Waals surface area contributed by atoms with Gasteiger partial charge in [-0.15, -0.1) is 0 Å². The van der Waals surface area contributed by atoms with E-state index in [1.54, 1.807) is 6.92 Å². The highest BCUT2D eigenvalue weighted by atomic mass is 16.5. The van der Waals surface area contributed by atoms with Crippen LogP contribution in [-0.4, -0.2) is 24.2 Å². The molecule has 122 valence electrons. The number of aryl methyl sites for hydroxylation is 2. The molecule has 1 N–H and O–H groups in total. The number of benzene rings is 1. The number of amides is 1. The van der Waals surface area contributed by atoms with Gasteiger partial charge in [-0.05, 0) is 18.9 Å². The fourth-order valence-corrected chi connectivity index (χ4v) is 3.12. The van der Waals surface area contributed by atoms with Crippen molar-refractivity contribution in [2.75, 3.05) is 13.2 Å². The Morgan fingerprint density at radius 1 is 1.35 bits per heavy atom. The topological polar surface area (TPSA) is 64.4 Å². The summed E-state index contributed by atoms with van der Waals surface area (Å²) in [4.78, 5) is 12.5. The SMILES string of the molecule is CCc1onc(C)c1C(=O)NC[C@H]1CCO[C@@H]1c1ccccc1. The van der Waals surface area contributed by atoms with Gasteiger partial charge in [0.2, 0.25) is 0 Å². The van der Waals surface area contributed by atoms with Crippen LogP contribution >= 0.6 is 0 Å². The minimum absolute atomic E-state index is 0.0470. The zero-order chi connectivity index (χ0) is 16.2. The van der Waals surface area contributed by atoms with Gasteiger partial charge in [-0.25, -0.2) is 0 Å². The summed E-state index contributed by atoms with van der Waals surface area (Å²) in [7, 11) is 0. The number of nitrogens with one attached hydrogen (secondary N) is 1. The van der Waals surface area contributed by atoms with Crippen molar-refractivity contribution in [3.8, 4) is 0 Å². The molecule has 23 heavy (non-hydrogen) atoms. The molecule has 0 bridgehead atoms. The maximum atomic E-state index is 12.5. The van der Waals surface area contributed by atoms with E-state index in [1.807, 2.05) is 25.1 Å². The second-order valence-electron chi connectivity index (χ2n) is 5.88. The van der Waals surface area contributed by atoms with Gasteiger partial charge in [-0.1, -0.05) is 42.4 Å². The summed E-state index contributed by atoms with van der Waals surface area (Å²) in [6.07, 6.45) is 1.65. The smallest absolute Gasteiger partial charge is 0.256 e. The molecule has 3 rings (SSSR count). The van der Waals surface area contributed by atoms with Crippen molar-refractivity contribution in [2.45, 2.75) is 32.8 Å². The molecule has 1 saturated heterocycles. The van der Waals surface area contributed by atoms with Crippen molar-refractivity contribution in [1.29, 1.82) is 0 Å². The Balaban J connectivity index is 1.65. The Labute approximate surface area is 136 Å². The fraction of sp³-hybridized carbons (Fsp3) is 0.444. The minimum atomic E-state index is -0.112. The number of ether oxygens (including phenoxy) is 1. The first-order valence-corrected chi connectivity index (χ1v) is 8.10. The Kier molecular flexibility index (Phi) is 4.76. The van der Waals surface area contributed by atoms with Gasteiger partial charge in [-0.2, -0.15) is 0 Å². The van der Waals surface area contributed by atoms with Gasteiger partial charge in [-0.3, -0.25) is 4.79 Å². The number of hydrogen-bond acceptors (Lipinski definition) is 4. The summed E-state index contributed by atoms with van der Waals surface area (Å²) in [6.45, 7) is 5.06. The lowest BCUT2D eigenvalue weighted by Gasteiger charge is -2.19. The Bertz CT molecular complexity index is 666. The van der Waals surface area contributed by atoms with Gasteiger partial charge in [0.15, 0.2) is 0 Å². The monoisotopic (exact) mass is 314 g/mol. The molecule has 1 aliphatic rings. The van der Waals surface area contributed by atoms with Crippen LogP contribution in [0.2, 0.25) is 0 Å². The van der Waals surface area contributed by atoms with E-state index < -0.39 is 0 Å². The zero-order valence-corrected chi connectivity index (χ0v) is 13.5. The molecule has 2 heterocycles. The highest BCUT2D eigenvalue weighted by molar-refractivity contribution is 5.96. The summed E-state index contributed by atoms with van der Waals surface area (Å²) in [5.74, 6) is 0.813. The molecule has 2 aromatic rings. The number of carbonyl (C=O) groups is 1. The lowest BCUT2D eigenvalue weighted by Crippen LogP contribution is -2.31. The average molecular weight is 314 g/mol. The van der Waals surface area contributed by atoms with E-state index in [9.17, 15) is 4.79 Å². The molecule has 0 aliphatic carbocycles. The summed E-state index contributed by atoms with van der Waals surface area (Å²) < 4.78 is 11.1. The van der Waals surface area contributed by atoms with Crippen molar-refractivity contribution < 1.29 is 14.1 Å². The Morgan fingerprint density at radius 2 is 2.13 bits per heavy atom. The maximum absolute atomic E-state index is 12.5. The van der Waals surface area contributed by atoms with Crippen LogP contribution in [0.25, 0.3) is 0 Å². The van der Waals surface area contributed by atoms with E-state index in [2.05, 4.69) is 22.6 Å². The van der Waals surface area contributed by atoms with E-state index in [0.717, 1.165) is 13.0 Å². The van der Waals surface area contributed by atoms with Crippen LogP contribution < -0.4 is 5.32 Å². The van der Waals surface area contributed by atoms with Crippen LogP contribution in [0.5, 0.6) is 0 Å². The van der Waals surface area contributed by atoms with Crippen LogP contribution in [0.1, 0.15) is 46.8 Å². The van der Waals surface area contributed by atoms with Gasteiger partial charge >= 0.3 is 0 Å².